The van der Waals surface area contributed by atoms with Crippen LogP contribution in [0.2, 0.25) is 0 Å². The number of carbonyl (C=O) groups is 1. The lowest BCUT2D eigenvalue weighted by Crippen LogP contribution is -2.40. The van der Waals surface area contributed by atoms with E-state index >= 15 is 0 Å². The van der Waals surface area contributed by atoms with Gasteiger partial charge in [0.15, 0.2) is 5.96 Å². The van der Waals surface area contributed by atoms with Crippen LogP contribution in [-0.4, -0.2) is 61.5 Å². The fourth-order valence-electron chi connectivity index (χ4n) is 3.18. The fourth-order valence-corrected chi connectivity index (χ4v) is 3.18. The van der Waals surface area contributed by atoms with Crippen LogP contribution in [0.5, 0.6) is 0 Å². The molecule has 1 aromatic heterocycles. The summed E-state index contributed by atoms with van der Waals surface area (Å²) < 4.78 is 0. The number of likely N-dealkylation sites (tertiary alicyclic amines) is 1. The third kappa shape index (κ3) is 7.39. The first-order valence-corrected chi connectivity index (χ1v) is 9.55. The molecule has 1 aliphatic heterocycles. The zero-order valence-corrected chi connectivity index (χ0v) is 15.8. The summed E-state index contributed by atoms with van der Waals surface area (Å²) in [4.78, 5) is 22.2. The van der Waals surface area contributed by atoms with Crippen LogP contribution >= 0.6 is 0 Å². The number of carbonyl (C=O) groups excluding carboxylic acids is 1. The van der Waals surface area contributed by atoms with Crippen molar-refractivity contribution in [2.75, 3.05) is 39.8 Å². The van der Waals surface area contributed by atoms with Crippen molar-refractivity contribution < 1.29 is 4.79 Å². The van der Waals surface area contributed by atoms with Crippen LogP contribution in [0.25, 0.3) is 0 Å². The van der Waals surface area contributed by atoms with Crippen molar-refractivity contribution in [3.8, 4) is 0 Å². The van der Waals surface area contributed by atoms with Gasteiger partial charge in [0, 0.05) is 44.4 Å². The van der Waals surface area contributed by atoms with Gasteiger partial charge in [-0.05, 0) is 57.5 Å². The smallest absolute Gasteiger partial charge is 0.220 e. The molecule has 144 valence electrons. The Kier molecular flexibility index (Phi) is 8.89. The molecule has 0 atom stereocenters. The van der Waals surface area contributed by atoms with Gasteiger partial charge in [-0.1, -0.05) is 6.07 Å². The zero-order valence-electron chi connectivity index (χ0n) is 15.8. The second-order valence-corrected chi connectivity index (χ2v) is 6.72. The van der Waals surface area contributed by atoms with Gasteiger partial charge in [0.2, 0.25) is 5.91 Å². The first-order chi connectivity index (χ1) is 12.7. The highest BCUT2D eigenvalue weighted by Crippen LogP contribution is 2.16. The van der Waals surface area contributed by atoms with Gasteiger partial charge in [-0.3, -0.25) is 14.8 Å². The van der Waals surface area contributed by atoms with Crippen molar-refractivity contribution in [3.05, 3.63) is 30.1 Å². The van der Waals surface area contributed by atoms with E-state index in [1.807, 2.05) is 24.4 Å². The Labute approximate surface area is 156 Å². The van der Waals surface area contributed by atoms with Crippen LogP contribution in [0.4, 0.5) is 0 Å². The van der Waals surface area contributed by atoms with E-state index in [-0.39, 0.29) is 11.8 Å². The lowest BCUT2D eigenvalue weighted by atomic mass is 9.96. The Balaban J connectivity index is 1.51. The zero-order chi connectivity index (χ0) is 18.6. The van der Waals surface area contributed by atoms with Gasteiger partial charge in [0.05, 0.1) is 0 Å². The molecular formula is C19H32N6O. The van der Waals surface area contributed by atoms with Gasteiger partial charge in [0.25, 0.3) is 0 Å². The predicted molar refractivity (Wildman–Crippen MR) is 105 cm³/mol. The Morgan fingerprint density at radius 3 is 2.69 bits per heavy atom. The molecule has 7 heteroatoms. The minimum absolute atomic E-state index is 0.0772. The van der Waals surface area contributed by atoms with E-state index < -0.39 is 0 Å². The Morgan fingerprint density at radius 1 is 1.27 bits per heavy atom. The number of guanidine groups is 1. The van der Waals surface area contributed by atoms with Crippen molar-refractivity contribution in [2.24, 2.45) is 16.6 Å². The van der Waals surface area contributed by atoms with Gasteiger partial charge in [0.1, 0.15) is 0 Å². The average molecular weight is 361 g/mol. The largest absolute Gasteiger partial charge is 0.369 e. The van der Waals surface area contributed by atoms with Gasteiger partial charge in [-0.25, -0.2) is 0 Å². The number of aliphatic imine (C=N–C) groups is 1. The van der Waals surface area contributed by atoms with Crippen molar-refractivity contribution in [1.29, 1.82) is 0 Å². The highest BCUT2D eigenvalue weighted by atomic mass is 16.1. The first kappa shape index (κ1) is 20.2. The lowest BCUT2D eigenvalue weighted by molar-refractivity contribution is -0.123. The number of nitrogens with one attached hydrogen (secondary N) is 2. The number of pyridine rings is 1. The summed E-state index contributed by atoms with van der Waals surface area (Å²) in [5.41, 5.74) is 6.45. The van der Waals surface area contributed by atoms with Crippen LogP contribution in [0.15, 0.2) is 29.4 Å². The summed E-state index contributed by atoms with van der Waals surface area (Å²) in [5.74, 6) is 0.771. The Morgan fingerprint density at radius 2 is 2.04 bits per heavy atom. The molecule has 0 radical (unpaired) electrons. The predicted octanol–water partition coefficient (Wildman–Crippen LogP) is 0.767. The van der Waals surface area contributed by atoms with E-state index in [2.05, 4.69) is 25.5 Å². The highest BCUT2D eigenvalue weighted by Gasteiger charge is 2.22. The Hall–Kier alpha value is -2.15. The van der Waals surface area contributed by atoms with E-state index in [0.717, 1.165) is 76.5 Å². The summed E-state index contributed by atoms with van der Waals surface area (Å²) in [6.45, 7) is 4.76. The molecule has 1 aliphatic rings. The van der Waals surface area contributed by atoms with E-state index in [1.54, 1.807) is 7.05 Å². The molecule has 2 heterocycles. The maximum atomic E-state index is 11.2. The van der Waals surface area contributed by atoms with Crippen LogP contribution in [-0.2, 0) is 11.2 Å². The maximum Gasteiger partial charge on any atom is 0.220 e. The van der Waals surface area contributed by atoms with Crippen molar-refractivity contribution in [2.45, 2.75) is 32.1 Å². The highest BCUT2D eigenvalue weighted by molar-refractivity contribution is 5.79. The number of aromatic nitrogens is 1. The summed E-state index contributed by atoms with van der Waals surface area (Å²) >= 11 is 0. The van der Waals surface area contributed by atoms with E-state index in [4.69, 9.17) is 5.73 Å². The van der Waals surface area contributed by atoms with Crippen LogP contribution < -0.4 is 16.4 Å². The molecule has 1 fully saturated rings. The van der Waals surface area contributed by atoms with Crippen LogP contribution in [0.1, 0.15) is 31.4 Å². The molecule has 1 saturated heterocycles. The molecule has 0 saturated carbocycles. The number of primary amides is 1. The van der Waals surface area contributed by atoms with E-state index in [9.17, 15) is 4.79 Å². The summed E-state index contributed by atoms with van der Waals surface area (Å²) in [5, 5.41) is 6.67. The molecule has 1 aromatic rings. The van der Waals surface area contributed by atoms with Gasteiger partial charge in [-0.15, -0.1) is 0 Å². The standard InChI is InChI=1S/C19H32N6O/c1-21-19(24-12-7-17-6-2-3-10-22-17)23-11-4-5-13-25-14-8-16(9-15-25)18(20)26/h2-3,6,10,16H,4-5,7-9,11-15H2,1H3,(H2,20,26)(H2,21,23,24). The monoisotopic (exact) mass is 360 g/mol. The second-order valence-electron chi connectivity index (χ2n) is 6.72. The summed E-state index contributed by atoms with van der Waals surface area (Å²) in [7, 11) is 1.79. The van der Waals surface area contributed by atoms with E-state index in [0.29, 0.717) is 0 Å². The molecule has 0 aliphatic carbocycles. The number of rotatable bonds is 9. The van der Waals surface area contributed by atoms with Crippen molar-refractivity contribution >= 4 is 11.9 Å². The SMILES string of the molecule is CN=C(NCCCCN1CCC(C(N)=O)CC1)NCCc1ccccn1. The summed E-state index contributed by atoms with van der Waals surface area (Å²) in [6.07, 6.45) is 6.73. The van der Waals surface area contributed by atoms with E-state index in [1.165, 1.54) is 0 Å². The number of nitrogens with zero attached hydrogens (tertiary/aromatic N) is 3. The van der Waals surface area contributed by atoms with Crippen molar-refractivity contribution in [3.63, 3.8) is 0 Å². The molecule has 0 unspecified atom stereocenters. The molecule has 1 amide bonds. The van der Waals surface area contributed by atoms with Crippen LogP contribution in [0.3, 0.4) is 0 Å². The third-order valence-corrected chi connectivity index (χ3v) is 4.81. The molecule has 7 nitrogen and oxygen atoms in total. The Bertz CT molecular complexity index is 554. The summed E-state index contributed by atoms with van der Waals surface area (Å²) in [6, 6.07) is 5.97. The van der Waals surface area contributed by atoms with Crippen LogP contribution in [0, 0.1) is 5.92 Å². The maximum absolute atomic E-state index is 11.2. The number of unbranched alkanes of at least 4 members (excludes halogenated alkanes) is 1. The molecule has 26 heavy (non-hydrogen) atoms. The number of nitrogens with two attached hydrogens (primary N) is 1. The average Bonchev–Trinajstić information content (AvgIpc) is 2.67. The van der Waals surface area contributed by atoms with Crippen molar-refractivity contribution in [1.82, 2.24) is 20.5 Å². The number of amides is 1. The topological polar surface area (TPSA) is 95.6 Å². The number of hydrogen-bond donors (Lipinski definition) is 3. The quantitative estimate of drug-likeness (QED) is 0.343. The molecule has 0 bridgehead atoms. The molecular weight excluding hydrogens is 328 g/mol. The second kappa shape index (κ2) is 11.5. The van der Waals surface area contributed by atoms with Gasteiger partial charge >= 0.3 is 0 Å². The molecule has 2 rings (SSSR count). The number of hydrogen-bond acceptors (Lipinski definition) is 4. The van der Waals surface area contributed by atoms with Gasteiger partial charge in [-0.2, -0.15) is 0 Å². The lowest BCUT2D eigenvalue weighted by Gasteiger charge is -2.30. The third-order valence-electron chi connectivity index (χ3n) is 4.81. The minimum atomic E-state index is -0.143. The first-order valence-electron chi connectivity index (χ1n) is 9.55. The fraction of sp³-hybridized carbons (Fsp3) is 0.632. The molecule has 4 N–H and O–H groups in total. The molecule has 0 spiro atoms. The number of piperidine rings is 1. The molecule has 0 aromatic carbocycles. The minimum Gasteiger partial charge on any atom is -0.369 e. The van der Waals surface area contributed by atoms with Gasteiger partial charge < -0.3 is 21.3 Å². The normalized spacial score (nSPS) is 16.4.